The van der Waals surface area contributed by atoms with Gasteiger partial charge in [0.15, 0.2) is 15.6 Å². The van der Waals surface area contributed by atoms with Crippen molar-refractivity contribution in [3.8, 4) is 11.3 Å². The van der Waals surface area contributed by atoms with Crippen LogP contribution < -0.4 is 0 Å². The molecule has 0 aliphatic rings. The fraction of sp³-hybridized carbons (Fsp3) is 0.118. The van der Waals surface area contributed by atoms with Gasteiger partial charge in [-0.15, -0.1) is 0 Å². The maximum Gasteiger partial charge on any atom is 0.210 e. The predicted molar refractivity (Wildman–Crippen MR) is 89.7 cm³/mol. The Kier molecular flexibility index (Phi) is 4.50. The van der Waals surface area contributed by atoms with E-state index in [1.165, 1.54) is 0 Å². The van der Waals surface area contributed by atoms with E-state index in [2.05, 4.69) is 4.98 Å². The zero-order valence-electron chi connectivity index (χ0n) is 12.1. The summed E-state index contributed by atoms with van der Waals surface area (Å²) in [4.78, 5) is 4.07. The molecule has 0 saturated heterocycles. The summed E-state index contributed by atoms with van der Waals surface area (Å²) >= 11 is 5.88. The first-order chi connectivity index (χ1) is 11.0. The molecule has 23 heavy (non-hydrogen) atoms. The largest absolute Gasteiger partial charge is 0.440 e. The van der Waals surface area contributed by atoms with Gasteiger partial charge in [-0.2, -0.15) is 0 Å². The van der Waals surface area contributed by atoms with Gasteiger partial charge in [-0.05, 0) is 17.7 Å². The smallest absolute Gasteiger partial charge is 0.210 e. The van der Waals surface area contributed by atoms with Crippen molar-refractivity contribution in [3.05, 3.63) is 77.3 Å². The van der Waals surface area contributed by atoms with Crippen molar-refractivity contribution in [2.75, 3.05) is 0 Å². The Balaban J connectivity index is 1.75. The van der Waals surface area contributed by atoms with E-state index in [1.807, 2.05) is 30.3 Å². The highest BCUT2D eigenvalue weighted by Crippen LogP contribution is 2.22. The maximum atomic E-state index is 12.3. The minimum atomic E-state index is -3.39. The summed E-state index contributed by atoms with van der Waals surface area (Å²) < 4.78 is 30.1. The first-order valence-corrected chi connectivity index (χ1v) is 9.17. The van der Waals surface area contributed by atoms with Crippen LogP contribution in [0.4, 0.5) is 0 Å². The zero-order chi connectivity index (χ0) is 16.3. The summed E-state index contributed by atoms with van der Waals surface area (Å²) in [5, 5.41) is 0.514. The van der Waals surface area contributed by atoms with E-state index in [0.29, 0.717) is 16.3 Å². The van der Waals surface area contributed by atoms with Crippen molar-refractivity contribution < 1.29 is 12.8 Å². The molecule has 6 heteroatoms. The van der Waals surface area contributed by atoms with Crippen molar-refractivity contribution in [3.63, 3.8) is 0 Å². The summed E-state index contributed by atoms with van der Waals surface area (Å²) in [6, 6.07) is 16.2. The van der Waals surface area contributed by atoms with Crippen LogP contribution in [0.3, 0.4) is 0 Å². The van der Waals surface area contributed by atoms with Crippen LogP contribution in [0.2, 0.25) is 5.02 Å². The molecule has 3 aromatic rings. The highest BCUT2D eigenvalue weighted by molar-refractivity contribution is 7.89. The van der Waals surface area contributed by atoms with Gasteiger partial charge in [0.25, 0.3) is 0 Å². The number of oxazole rings is 1. The normalized spacial score (nSPS) is 11.5. The molecule has 0 fully saturated rings. The molecule has 1 aromatic heterocycles. The van der Waals surface area contributed by atoms with Crippen molar-refractivity contribution in [2.24, 2.45) is 0 Å². The third-order valence-corrected chi connectivity index (χ3v) is 4.93. The van der Waals surface area contributed by atoms with Crippen molar-refractivity contribution in [2.45, 2.75) is 11.5 Å². The summed E-state index contributed by atoms with van der Waals surface area (Å²) in [6.07, 6.45) is 1.54. The van der Waals surface area contributed by atoms with Crippen molar-refractivity contribution >= 4 is 21.4 Å². The van der Waals surface area contributed by atoms with E-state index < -0.39 is 9.84 Å². The highest BCUT2D eigenvalue weighted by atomic mass is 35.5. The quantitative estimate of drug-likeness (QED) is 0.696. The van der Waals surface area contributed by atoms with Gasteiger partial charge >= 0.3 is 0 Å². The standard InChI is InChI=1S/C17H14ClNO3S/c18-15-8-4-5-13(9-15)11-23(20,21)12-17-19-10-16(22-17)14-6-2-1-3-7-14/h1-10H,11-12H2. The molecule has 118 valence electrons. The van der Waals surface area contributed by atoms with Crippen LogP contribution in [-0.2, 0) is 21.3 Å². The lowest BCUT2D eigenvalue weighted by molar-refractivity contribution is 0.519. The average Bonchev–Trinajstić information content (AvgIpc) is 2.95. The number of hydrogen-bond acceptors (Lipinski definition) is 4. The number of benzene rings is 2. The molecule has 0 saturated carbocycles. The fourth-order valence-corrected chi connectivity index (χ4v) is 3.74. The second-order valence-corrected chi connectivity index (χ2v) is 7.65. The molecule has 0 amide bonds. The number of sulfone groups is 1. The predicted octanol–water partition coefficient (Wildman–Crippen LogP) is 4.11. The first kappa shape index (κ1) is 15.8. The molecule has 0 atom stereocenters. The third-order valence-electron chi connectivity index (χ3n) is 3.23. The van der Waals surface area contributed by atoms with Gasteiger partial charge in [-0.1, -0.05) is 54.1 Å². The Labute approximate surface area is 139 Å². The molecule has 0 aliphatic carbocycles. The molecule has 0 bridgehead atoms. The Bertz CT molecular complexity index is 904. The van der Waals surface area contributed by atoms with Gasteiger partial charge in [0, 0.05) is 10.6 Å². The fourth-order valence-electron chi connectivity index (χ4n) is 2.23. The molecule has 0 unspecified atom stereocenters. The van der Waals surface area contributed by atoms with Crippen LogP contribution in [0.15, 0.2) is 65.2 Å². The minimum Gasteiger partial charge on any atom is -0.440 e. The molecule has 2 aromatic carbocycles. The van der Waals surface area contributed by atoms with Gasteiger partial charge in [0.1, 0.15) is 5.75 Å². The van der Waals surface area contributed by atoms with Crippen LogP contribution in [0.1, 0.15) is 11.5 Å². The molecular formula is C17H14ClNO3S. The van der Waals surface area contributed by atoms with Gasteiger partial charge in [0.2, 0.25) is 5.89 Å². The molecule has 3 rings (SSSR count). The van der Waals surface area contributed by atoms with Crippen molar-refractivity contribution in [1.82, 2.24) is 4.98 Å². The molecule has 1 heterocycles. The van der Waals surface area contributed by atoms with Gasteiger partial charge in [-0.3, -0.25) is 0 Å². The third kappa shape index (κ3) is 4.21. The highest BCUT2D eigenvalue weighted by Gasteiger charge is 2.17. The maximum absolute atomic E-state index is 12.3. The summed E-state index contributed by atoms with van der Waals surface area (Å²) in [6.45, 7) is 0. The van der Waals surface area contributed by atoms with Crippen LogP contribution in [0.5, 0.6) is 0 Å². The summed E-state index contributed by atoms with van der Waals surface area (Å²) in [7, 11) is -3.39. The molecular weight excluding hydrogens is 334 g/mol. The second-order valence-electron chi connectivity index (χ2n) is 5.15. The van der Waals surface area contributed by atoms with Crippen LogP contribution in [0.25, 0.3) is 11.3 Å². The first-order valence-electron chi connectivity index (χ1n) is 6.97. The lowest BCUT2D eigenvalue weighted by Crippen LogP contribution is -2.07. The molecule has 4 nitrogen and oxygen atoms in total. The summed E-state index contributed by atoms with van der Waals surface area (Å²) in [5.41, 5.74) is 1.51. The Morgan fingerprint density at radius 2 is 1.78 bits per heavy atom. The lowest BCUT2D eigenvalue weighted by Gasteiger charge is -2.03. The Morgan fingerprint density at radius 3 is 2.52 bits per heavy atom. The van der Waals surface area contributed by atoms with E-state index in [4.69, 9.17) is 16.0 Å². The van der Waals surface area contributed by atoms with E-state index in [-0.39, 0.29) is 17.4 Å². The van der Waals surface area contributed by atoms with Gasteiger partial charge in [-0.25, -0.2) is 13.4 Å². The monoisotopic (exact) mass is 347 g/mol. The molecule has 0 spiro atoms. The van der Waals surface area contributed by atoms with E-state index in [0.717, 1.165) is 5.56 Å². The molecule has 0 aliphatic heterocycles. The number of aromatic nitrogens is 1. The van der Waals surface area contributed by atoms with Crippen LogP contribution in [0, 0.1) is 0 Å². The number of rotatable bonds is 5. The van der Waals surface area contributed by atoms with E-state index in [1.54, 1.807) is 30.5 Å². The Morgan fingerprint density at radius 1 is 1.00 bits per heavy atom. The topological polar surface area (TPSA) is 60.2 Å². The van der Waals surface area contributed by atoms with Crippen LogP contribution >= 0.6 is 11.6 Å². The second kappa shape index (κ2) is 6.56. The number of halogens is 1. The number of nitrogens with zero attached hydrogens (tertiary/aromatic N) is 1. The van der Waals surface area contributed by atoms with E-state index >= 15 is 0 Å². The van der Waals surface area contributed by atoms with Crippen molar-refractivity contribution in [1.29, 1.82) is 0 Å². The molecule has 0 radical (unpaired) electrons. The van der Waals surface area contributed by atoms with Crippen LogP contribution in [-0.4, -0.2) is 13.4 Å². The average molecular weight is 348 g/mol. The lowest BCUT2D eigenvalue weighted by atomic mass is 10.2. The zero-order valence-corrected chi connectivity index (χ0v) is 13.7. The molecule has 0 N–H and O–H groups in total. The number of hydrogen-bond donors (Lipinski definition) is 0. The van der Waals surface area contributed by atoms with Gasteiger partial charge in [0.05, 0.1) is 11.9 Å². The minimum absolute atomic E-state index is 0.101. The van der Waals surface area contributed by atoms with E-state index in [9.17, 15) is 8.42 Å². The summed E-state index contributed by atoms with van der Waals surface area (Å²) in [5.74, 6) is 0.396. The van der Waals surface area contributed by atoms with Gasteiger partial charge < -0.3 is 4.42 Å². The SMILES string of the molecule is O=S(=O)(Cc1cccc(Cl)c1)Cc1ncc(-c2ccccc2)o1. The Hall–Kier alpha value is -2.11.